The monoisotopic (exact) mass is 573 g/mol. The van der Waals surface area contributed by atoms with Crippen molar-refractivity contribution < 1.29 is 23.9 Å². The molecule has 1 heterocycles. The van der Waals surface area contributed by atoms with E-state index in [-0.39, 0.29) is 23.6 Å². The summed E-state index contributed by atoms with van der Waals surface area (Å²) in [5.74, 6) is -1.09. The second-order valence-electron chi connectivity index (χ2n) is 9.24. The Morgan fingerprint density at radius 2 is 1.63 bits per heavy atom. The van der Waals surface area contributed by atoms with E-state index in [1.165, 1.54) is 32.1 Å². The molecule has 4 rings (SSSR count). The van der Waals surface area contributed by atoms with Gasteiger partial charge in [-0.05, 0) is 60.5 Å². The predicted molar refractivity (Wildman–Crippen MR) is 156 cm³/mol. The van der Waals surface area contributed by atoms with Crippen LogP contribution in [0.1, 0.15) is 39.2 Å². The molecule has 0 saturated carbocycles. The summed E-state index contributed by atoms with van der Waals surface area (Å²) in [4.78, 5) is 53.1. The molecule has 1 atom stereocenters. The first-order chi connectivity index (χ1) is 19.6. The molecule has 1 unspecified atom stereocenters. The van der Waals surface area contributed by atoms with Crippen LogP contribution in [0, 0.1) is 0 Å². The topological polar surface area (TPSA) is 108 Å². The lowest BCUT2D eigenvalue weighted by Gasteiger charge is -2.25. The Bertz CT molecular complexity index is 1650. The summed E-state index contributed by atoms with van der Waals surface area (Å²) in [6.45, 7) is 1.41. The standard InChI is InChI=1S/C31H28ClN3O6/c1-19(36)24-15-12-22(32)17-25(24)26-18-28(37)35(33-29(26)40-3)27(16-20-8-6-5-7-9-20)30(38)34(2)23-13-10-21(11-14-23)31(39)41-4/h5-15,17-18,27H,16H2,1-4H3. The minimum atomic E-state index is -1.05. The normalized spacial score (nSPS) is 11.4. The summed E-state index contributed by atoms with van der Waals surface area (Å²) in [5.41, 5.74) is 2.10. The Morgan fingerprint density at radius 3 is 2.24 bits per heavy atom. The Labute approximate surface area is 241 Å². The molecule has 0 radical (unpaired) electrons. The Hall–Kier alpha value is -4.76. The summed E-state index contributed by atoms with van der Waals surface area (Å²) in [6, 6.07) is 20.6. The van der Waals surface area contributed by atoms with E-state index in [1.807, 2.05) is 30.3 Å². The lowest BCUT2D eigenvalue weighted by atomic mass is 9.98. The number of hydrogen-bond donors (Lipinski definition) is 0. The van der Waals surface area contributed by atoms with Crippen molar-refractivity contribution in [3.63, 3.8) is 0 Å². The first-order valence-electron chi connectivity index (χ1n) is 12.6. The molecule has 0 bridgehead atoms. The van der Waals surface area contributed by atoms with Crippen LogP contribution in [0.3, 0.4) is 0 Å². The lowest BCUT2D eigenvalue weighted by Crippen LogP contribution is -2.40. The van der Waals surface area contributed by atoms with Crippen LogP contribution in [0.25, 0.3) is 11.1 Å². The molecule has 9 nitrogen and oxygen atoms in total. The van der Waals surface area contributed by atoms with Crippen molar-refractivity contribution in [2.75, 3.05) is 26.2 Å². The lowest BCUT2D eigenvalue weighted by molar-refractivity contribution is -0.121. The van der Waals surface area contributed by atoms with Crippen molar-refractivity contribution in [2.45, 2.75) is 19.4 Å². The van der Waals surface area contributed by atoms with Crippen LogP contribution in [0.2, 0.25) is 5.02 Å². The number of ether oxygens (including phenoxy) is 2. The van der Waals surface area contributed by atoms with Gasteiger partial charge in [0.2, 0.25) is 5.88 Å². The van der Waals surface area contributed by atoms with E-state index in [2.05, 4.69) is 5.10 Å². The summed E-state index contributed by atoms with van der Waals surface area (Å²) < 4.78 is 11.4. The molecule has 210 valence electrons. The third-order valence-corrected chi connectivity index (χ3v) is 6.86. The van der Waals surface area contributed by atoms with Crippen LogP contribution in [-0.2, 0) is 16.0 Å². The van der Waals surface area contributed by atoms with Crippen molar-refractivity contribution in [3.05, 3.63) is 111 Å². The summed E-state index contributed by atoms with van der Waals surface area (Å²) in [6.07, 6.45) is 0.162. The van der Waals surface area contributed by atoms with Gasteiger partial charge in [-0.1, -0.05) is 41.9 Å². The zero-order valence-electron chi connectivity index (χ0n) is 23.0. The smallest absolute Gasteiger partial charge is 0.337 e. The van der Waals surface area contributed by atoms with E-state index in [9.17, 15) is 19.2 Å². The largest absolute Gasteiger partial charge is 0.480 e. The molecule has 0 aliphatic heterocycles. The minimum Gasteiger partial charge on any atom is -0.480 e. The number of ketones is 1. The van der Waals surface area contributed by atoms with Crippen LogP contribution in [0.5, 0.6) is 5.88 Å². The van der Waals surface area contributed by atoms with Crippen molar-refractivity contribution in [2.24, 2.45) is 0 Å². The highest BCUT2D eigenvalue weighted by Gasteiger charge is 2.29. The molecule has 1 amide bonds. The molecule has 1 aromatic heterocycles. The second-order valence-corrected chi connectivity index (χ2v) is 9.67. The molecule has 0 spiro atoms. The fraction of sp³-hybridized carbons (Fsp3) is 0.194. The van der Waals surface area contributed by atoms with Crippen LogP contribution >= 0.6 is 11.6 Å². The summed E-state index contributed by atoms with van der Waals surface area (Å²) in [7, 11) is 4.26. The molecule has 4 aromatic rings. The minimum absolute atomic E-state index is 0.0466. The number of Topliss-reactive ketones (excluding diaryl/α,β-unsaturated/α-hetero) is 1. The maximum absolute atomic E-state index is 13.9. The quantitative estimate of drug-likeness (QED) is 0.205. The number of hydrogen-bond acceptors (Lipinski definition) is 7. The van der Waals surface area contributed by atoms with E-state index >= 15 is 0 Å². The fourth-order valence-corrected chi connectivity index (χ4v) is 4.64. The van der Waals surface area contributed by atoms with Crippen molar-refractivity contribution in [1.82, 2.24) is 9.78 Å². The maximum atomic E-state index is 13.9. The third-order valence-electron chi connectivity index (χ3n) is 6.63. The number of amides is 1. The molecular weight excluding hydrogens is 546 g/mol. The highest BCUT2D eigenvalue weighted by atomic mass is 35.5. The molecule has 0 aliphatic rings. The zero-order valence-corrected chi connectivity index (χ0v) is 23.7. The Kier molecular flexibility index (Phi) is 8.99. The number of likely N-dealkylation sites (N-methyl/N-ethyl adjacent to an activating group) is 1. The van der Waals surface area contributed by atoms with E-state index in [0.29, 0.717) is 27.4 Å². The van der Waals surface area contributed by atoms with Crippen LogP contribution < -0.4 is 15.2 Å². The number of methoxy groups -OCH3 is 2. The highest BCUT2D eigenvalue weighted by Crippen LogP contribution is 2.33. The summed E-state index contributed by atoms with van der Waals surface area (Å²) >= 11 is 6.22. The maximum Gasteiger partial charge on any atom is 0.337 e. The number of halogens is 1. The number of esters is 1. The molecule has 41 heavy (non-hydrogen) atoms. The SMILES string of the molecule is COC(=O)c1ccc(N(C)C(=O)C(Cc2ccccc2)n2nc(OC)c(-c3cc(Cl)ccc3C(C)=O)cc2=O)cc1. The van der Waals surface area contributed by atoms with Gasteiger partial charge in [0.05, 0.1) is 25.3 Å². The Morgan fingerprint density at radius 1 is 0.951 bits per heavy atom. The van der Waals surface area contributed by atoms with Gasteiger partial charge in [-0.25, -0.2) is 9.48 Å². The average molecular weight is 574 g/mol. The van der Waals surface area contributed by atoms with Crippen molar-refractivity contribution in [1.29, 1.82) is 0 Å². The third kappa shape index (κ3) is 6.36. The molecule has 10 heteroatoms. The molecule has 0 fully saturated rings. The molecule has 0 N–H and O–H groups in total. The van der Waals surface area contributed by atoms with Gasteiger partial charge in [-0.2, -0.15) is 0 Å². The fourth-order valence-electron chi connectivity index (χ4n) is 4.47. The summed E-state index contributed by atoms with van der Waals surface area (Å²) in [5, 5.41) is 4.83. The number of aromatic nitrogens is 2. The number of carbonyl (C=O) groups excluding carboxylic acids is 3. The van der Waals surface area contributed by atoms with Crippen molar-refractivity contribution >= 4 is 34.9 Å². The number of carbonyl (C=O) groups is 3. The average Bonchev–Trinajstić information content (AvgIpc) is 2.99. The molecule has 0 aliphatic carbocycles. The van der Waals surface area contributed by atoms with Crippen LogP contribution in [0.4, 0.5) is 5.69 Å². The van der Waals surface area contributed by atoms with Gasteiger partial charge in [0.25, 0.3) is 11.5 Å². The van der Waals surface area contributed by atoms with Gasteiger partial charge in [0.15, 0.2) is 5.78 Å². The molecule has 3 aromatic carbocycles. The van der Waals surface area contributed by atoms with Gasteiger partial charge in [-0.3, -0.25) is 14.4 Å². The van der Waals surface area contributed by atoms with E-state index in [0.717, 1.165) is 10.2 Å². The van der Waals surface area contributed by atoms with Gasteiger partial charge >= 0.3 is 5.97 Å². The van der Waals surface area contributed by atoms with Gasteiger partial charge < -0.3 is 14.4 Å². The molecule has 0 saturated heterocycles. The Balaban J connectivity index is 1.81. The second kappa shape index (κ2) is 12.6. The number of rotatable bonds is 9. The van der Waals surface area contributed by atoms with E-state index in [1.54, 1.807) is 49.5 Å². The number of nitrogens with zero attached hydrogens (tertiary/aromatic N) is 3. The number of anilines is 1. The first kappa shape index (κ1) is 29.2. The van der Waals surface area contributed by atoms with Gasteiger partial charge in [0.1, 0.15) is 6.04 Å². The molecular formula is C31H28ClN3O6. The first-order valence-corrected chi connectivity index (χ1v) is 13.0. The van der Waals surface area contributed by atoms with Gasteiger partial charge in [0, 0.05) is 35.8 Å². The predicted octanol–water partition coefficient (Wildman–Crippen LogP) is 5.01. The van der Waals surface area contributed by atoms with Crippen LogP contribution in [-0.4, -0.2) is 48.7 Å². The van der Waals surface area contributed by atoms with E-state index < -0.39 is 23.5 Å². The van der Waals surface area contributed by atoms with Crippen LogP contribution in [0.15, 0.2) is 83.7 Å². The zero-order chi connectivity index (χ0) is 29.7. The van der Waals surface area contributed by atoms with E-state index in [4.69, 9.17) is 21.1 Å². The number of benzene rings is 3. The van der Waals surface area contributed by atoms with Crippen molar-refractivity contribution in [3.8, 4) is 17.0 Å². The van der Waals surface area contributed by atoms with Gasteiger partial charge in [-0.15, -0.1) is 5.10 Å². The highest BCUT2D eigenvalue weighted by molar-refractivity contribution is 6.31.